The number of aromatic nitrogens is 2. The van der Waals surface area contributed by atoms with Gasteiger partial charge in [-0.1, -0.05) is 53.0 Å². The molecule has 21 heavy (non-hydrogen) atoms. The Morgan fingerprint density at radius 1 is 1.38 bits per heavy atom. The van der Waals surface area contributed by atoms with Crippen LogP contribution < -0.4 is 4.74 Å². The quantitative estimate of drug-likeness (QED) is 0.513. The van der Waals surface area contributed by atoms with Crippen LogP contribution in [0.3, 0.4) is 0 Å². The molecule has 0 saturated heterocycles. The average molecular weight is 351 g/mol. The third-order valence-electron chi connectivity index (χ3n) is 2.65. The lowest BCUT2D eigenvalue weighted by molar-refractivity contribution is -0.389. The van der Waals surface area contributed by atoms with Crippen molar-refractivity contribution in [2.45, 2.75) is 17.3 Å². The van der Waals surface area contributed by atoms with Crippen molar-refractivity contribution >= 4 is 40.6 Å². The van der Waals surface area contributed by atoms with E-state index in [1.165, 1.54) is 6.92 Å². The van der Waals surface area contributed by atoms with Gasteiger partial charge in [0, 0.05) is 5.56 Å². The van der Waals surface area contributed by atoms with Gasteiger partial charge >= 0.3 is 5.82 Å². The molecule has 0 fully saturated rings. The SMILES string of the molecule is Cc1nc(COc2ccccc2C(Cl)(Cl)Cl)[nH]c1[N+](=O)[O-]. The van der Waals surface area contributed by atoms with E-state index >= 15 is 0 Å². The molecule has 0 saturated carbocycles. The third-order valence-corrected chi connectivity index (χ3v) is 3.26. The van der Waals surface area contributed by atoms with Gasteiger partial charge in [0.2, 0.25) is 9.62 Å². The van der Waals surface area contributed by atoms with Crippen LogP contribution in [0.5, 0.6) is 5.75 Å². The van der Waals surface area contributed by atoms with Gasteiger partial charge in [0.15, 0.2) is 6.61 Å². The van der Waals surface area contributed by atoms with Crippen molar-refractivity contribution in [3.63, 3.8) is 0 Å². The lowest BCUT2D eigenvalue weighted by Crippen LogP contribution is -2.06. The van der Waals surface area contributed by atoms with Crippen molar-refractivity contribution < 1.29 is 9.66 Å². The topological polar surface area (TPSA) is 81.0 Å². The molecule has 0 amide bonds. The van der Waals surface area contributed by atoms with Crippen molar-refractivity contribution in [1.82, 2.24) is 9.97 Å². The molecule has 6 nitrogen and oxygen atoms in total. The maximum Gasteiger partial charge on any atom is 0.343 e. The summed E-state index contributed by atoms with van der Waals surface area (Å²) in [5.41, 5.74) is 0.668. The molecular formula is C12H10Cl3N3O3. The van der Waals surface area contributed by atoms with Crippen LogP contribution in [0.1, 0.15) is 17.1 Å². The second-order valence-corrected chi connectivity index (χ2v) is 6.44. The van der Waals surface area contributed by atoms with Crippen LogP contribution in [-0.4, -0.2) is 14.9 Å². The molecule has 2 aromatic rings. The first-order valence-electron chi connectivity index (χ1n) is 5.78. The number of benzene rings is 1. The van der Waals surface area contributed by atoms with Crippen molar-refractivity contribution in [2.75, 3.05) is 0 Å². The highest BCUT2D eigenvalue weighted by atomic mass is 35.6. The average Bonchev–Trinajstić information content (AvgIpc) is 2.77. The molecule has 0 radical (unpaired) electrons. The third kappa shape index (κ3) is 3.78. The Morgan fingerprint density at radius 2 is 2.05 bits per heavy atom. The highest BCUT2D eigenvalue weighted by Crippen LogP contribution is 2.42. The summed E-state index contributed by atoms with van der Waals surface area (Å²) in [6.45, 7) is 1.53. The normalized spacial score (nSPS) is 11.4. The van der Waals surface area contributed by atoms with Gasteiger partial charge in [0.25, 0.3) is 0 Å². The fourth-order valence-corrected chi connectivity index (χ4v) is 2.20. The predicted molar refractivity (Wildman–Crippen MR) is 80.0 cm³/mol. The van der Waals surface area contributed by atoms with Crippen LogP contribution in [0.15, 0.2) is 24.3 Å². The highest BCUT2D eigenvalue weighted by Gasteiger charge is 2.27. The molecule has 0 atom stereocenters. The minimum atomic E-state index is -1.62. The zero-order chi connectivity index (χ0) is 15.6. The summed E-state index contributed by atoms with van der Waals surface area (Å²) in [5, 5.41) is 10.7. The van der Waals surface area contributed by atoms with Gasteiger partial charge in [-0.15, -0.1) is 0 Å². The number of hydrogen-bond donors (Lipinski definition) is 1. The molecule has 0 spiro atoms. The van der Waals surface area contributed by atoms with E-state index in [1.54, 1.807) is 24.3 Å². The molecule has 1 aromatic heterocycles. The molecule has 112 valence electrons. The number of halogens is 3. The van der Waals surface area contributed by atoms with E-state index in [2.05, 4.69) is 9.97 Å². The number of nitro groups is 1. The van der Waals surface area contributed by atoms with E-state index in [4.69, 9.17) is 39.5 Å². The molecular weight excluding hydrogens is 341 g/mol. The lowest BCUT2D eigenvalue weighted by Gasteiger charge is -2.15. The zero-order valence-corrected chi connectivity index (χ0v) is 13.0. The molecule has 0 aliphatic rings. The molecule has 0 aliphatic carbocycles. The number of hydrogen-bond acceptors (Lipinski definition) is 4. The van der Waals surface area contributed by atoms with E-state index in [9.17, 15) is 10.1 Å². The molecule has 9 heteroatoms. The minimum absolute atomic E-state index is 0.00750. The number of aryl methyl sites for hydroxylation is 1. The number of nitrogens with zero attached hydrogens (tertiary/aromatic N) is 2. The van der Waals surface area contributed by atoms with E-state index in [0.29, 0.717) is 17.1 Å². The summed E-state index contributed by atoms with van der Waals surface area (Å²) in [6.07, 6.45) is 0. The summed E-state index contributed by atoms with van der Waals surface area (Å²) in [6, 6.07) is 6.71. The summed E-state index contributed by atoms with van der Waals surface area (Å²) in [4.78, 5) is 16.8. The molecule has 1 aromatic carbocycles. The Morgan fingerprint density at radius 3 is 2.62 bits per heavy atom. The molecule has 0 unspecified atom stereocenters. The molecule has 0 bridgehead atoms. The van der Waals surface area contributed by atoms with E-state index in [0.717, 1.165) is 0 Å². The highest BCUT2D eigenvalue weighted by molar-refractivity contribution is 6.66. The monoisotopic (exact) mass is 349 g/mol. The van der Waals surface area contributed by atoms with E-state index in [-0.39, 0.29) is 18.1 Å². The first-order chi connectivity index (χ1) is 9.79. The Labute approximate surface area is 135 Å². The van der Waals surface area contributed by atoms with Gasteiger partial charge in [-0.3, -0.25) is 0 Å². The van der Waals surface area contributed by atoms with E-state index < -0.39 is 8.72 Å². The summed E-state index contributed by atoms with van der Waals surface area (Å²) in [5.74, 6) is 0.524. The zero-order valence-electron chi connectivity index (χ0n) is 10.8. The summed E-state index contributed by atoms with van der Waals surface area (Å²) < 4.78 is 3.90. The van der Waals surface area contributed by atoms with E-state index in [1.807, 2.05) is 0 Å². The number of ether oxygens (including phenoxy) is 1. The molecule has 1 N–H and O–H groups in total. The first-order valence-corrected chi connectivity index (χ1v) is 6.91. The van der Waals surface area contributed by atoms with Crippen molar-refractivity contribution in [2.24, 2.45) is 0 Å². The van der Waals surface area contributed by atoms with Crippen LogP contribution in [0.2, 0.25) is 0 Å². The summed E-state index contributed by atoms with van der Waals surface area (Å²) >= 11 is 17.6. The minimum Gasteiger partial charge on any atom is -0.483 e. The Kier molecular flexibility index (Phi) is 4.61. The molecule has 2 rings (SSSR count). The number of rotatable bonds is 4. The molecule has 0 aliphatic heterocycles. The predicted octanol–water partition coefficient (Wildman–Crippen LogP) is 4.03. The fraction of sp³-hybridized carbons (Fsp3) is 0.250. The van der Waals surface area contributed by atoms with Gasteiger partial charge in [-0.2, -0.15) is 0 Å². The Balaban J connectivity index is 2.18. The number of para-hydroxylation sites is 1. The van der Waals surface area contributed by atoms with Gasteiger partial charge in [-0.25, -0.2) is 9.97 Å². The smallest absolute Gasteiger partial charge is 0.343 e. The standard InChI is InChI=1S/C12H10Cl3N3O3/c1-7-11(18(19)20)17-10(16-7)6-21-9-5-3-2-4-8(9)12(13,14)15/h2-5H,6H2,1H3,(H,16,17). The second kappa shape index (κ2) is 6.09. The van der Waals surface area contributed by atoms with Crippen molar-refractivity contribution in [3.8, 4) is 5.75 Å². The van der Waals surface area contributed by atoms with Crippen molar-refractivity contribution in [3.05, 3.63) is 51.5 Å². The number of nitrogens with one attached hydrogen (secondary N) is 1. The molecule has 1 heterocycles. The maximum absolute atomic E-state index is 10.7. The van der Waals surface area contributed by atoms with Gasteiger partial charge in [0.05, 0.1) is 0 Å². The maximum atomic E-state index is 10.7. The van der Waals surface area contributed by atoms with Gasteiger partial charge < -0.3 is 14.9 Å². The first kappa shape index (κ1) is 15.9. The number of H-pyrrole nitrogens is 1. The number of alkyl halides is 3. The van der Waals surface area contributed by atoms with Gasteiger partial charge in [0.1, 0.15) is 11.4 Å². The lowest BCUT2D eigenvalue weighted by atomic mass is 10.2. The van der Waals surface area contributed by atoms with Crippen LogP contribution in [0.4, 0.5) is 5.82 Å². The second-order valence-electron chi connectivity index (χ2n) is 4.16. The summed E-state index contributed by atoms with van der Waals surface area (Å²) in [7, 11) is 0. The van der Waals surface area contributed by atoms with Gasteiger partial charge in [-0.05, 0) is 17.9 Å². The van der Waals surface area contributed by atoms with Crippen LogP contribution in [0.25, 0.3) is 0 Å². The Bertz CT molecular complexity index is 667. The van der Waals surface area contributed by atoms with Crippen LogP contribution in [0, 0.1) is 17.0 Å². The van der Waals surface area contributed by atoms with Crippen LogP contribution >= 0.6 is 34.8 Å². The Hall–Kier alpha value is -1.50. The van der Waals surface area contributed by atoms with Crippen LogP contribution in [-0.2, 0) is 10.4 Å². The fourth-order valence-electron chi connectivity index (χ4n) is 1.73. The number of imidazole rings is 1. The van der Waals surface area contributed by atoms with Crippen molar-refractivity contribution in [1.29, 1.82) is 0 Å². The largest absolute Gasteiger partial charge is 0.483 e. The number of aromatic amines is 1.